The Balaban J connectivity index is 1.98. The van der Waals surface area contributed by atoms with Gasteiger partial charge in [0, 0.05) is 6.54 Å². The van der Waals surface area contributed by atoms with Crippen molar-refractivity contribution in [1.82, 2.24) is 5.32 Å². The summed E-state index contributed by atoms with van der Waals surface area (Å²) in [6, 6.07) is 10.8. The first-order chi connectivity index (χ1) is 10.8. The normalized spacial score (nSPS) is 11.3. The summed E-state index contributed by atoms with van der Waals surface area (Å²) in [6.07, 6.45) is -4.16. The zero-order chi connectivity index (χ0) is 17.0. The monoisotopic (exact) mass is 321 g/mol. The van der Waals surface area contributed by atoms with Gasteiger partial charge in [0.25, 0.3) is 0 Å². The molecular formula is C18H18F3NO. The Labute approximate surface area is 133 Å². The highest BCUT2D eigenvalue weighted by atomic mass is 19.4. The van der Waals surface area contributed by atoms with Crippen LogP contribution < -0.4 is 5.32 Å². The third-order valence-corrected chi connectivity index (χ3v) is 3.60. The SMILES string of the molecule is Cc1ccc(C)c(CC(=O)NCc2cccc(C(F)(F)F)c2)c1. The van der Waals surface area contributed by atoms with Crippen LogP contribution in [0, 0.1) is 13.8 Å². The third kappa shape index (κ3) is 4.84. The summed E-state index contributed by atoms with van der Waals surface area (Å²) >= 11 is 0. The molecular weight excluding hydrogens is 303 g/mol. The molecule has 0 atom stereocenters. The van der Waals surface area contributed by atoms with E-state index in [-0.39, 0.29) is 18.9 Å². The summed E-state index contributed by atoms with van der Waals surface area (Å²) in [5.74, 6) is -0.212. The average molecular weight is 321 g/mol. The topological polar surface area (TPSA) is 29.1 Å². The van der Waals surface area contributed by atoms with Crippen molar-refractivity contribution in [1.29, 1.82) is 0 Å². The lowest BCUT2D eigenvalue weighted by Crippen LogP contribution is -2.25. The number of alkyl halides is 3. The Morgan fingerprint density at radius 1 is 1.09 bits per heavy atom. The quantitative estimate of drug-likeness (QED) is 0.899. The standard InChI is InChI=1S/C18H18F3NO/c1-12-6-7-13(2)15(8-12)10-17(23)22-11-14-4-3-5-16(9-14)18(19,20)21/h3-9H,10-11H2,1-2H3,(H,22,23). The Bertz CT molecular complexity index is 708. The number of benzene rings is 2. The minimum atomic E-state index is -4.38. The second-order valence-corrected chi connectivity index (χ2v) is 5.58. The molecule has 0 spiro atoms. The minimum absolute atomic E-state index is 0.0770. The molecule has 0 radical (unpaired) electrons. The highest BCUT2D eigenvalue weighted by Gasteiger charge is 2.30. The molecule has 2 aromatic rings. The van der Waals surface area contributed by atoms with Crippen LogP contribution >= 0.6 is 0 Å². The largest absolute Gasteiger partial charge is 0.416 e. The van der Waals surface area contributed by atoms with Crippen LogP contribution in [0.1, 0.15) is 27.8 Å². The van der Waals surface area contributed by atoms with E-state index >= 15 is 0 Å². The molecule has 0 bridgehead atoms. The van der Waals surface area contributed by atoms with E-state index in [1.165, 1.54) is 6.07 Å². The van der Waals surface area contributed by atoms with E-state index in [1.807, 2.05) is 32.0 Å². The molecule has 0 fully saturated rings. The first kappa shape index (κ1) is 17.1. The Morgan fingerprint density at radius 2 is 1.83 bits per heavy atom. The minimum Gasteiger partial charge on any atom is -0.352 e. The van der Waals surface area contributed by atoms with E-state index in [4.69, 9.17) is 0 Å². The van der Waals surface area contributed by atoms with Gasteiger partial charge in [0.1, 0.15) is 0 Å². The molecule has 0 saturated carbocycles. The van der Waals surface area contributed by atoms with Gasteiger partial charge in [0.05, 0.1) is 12.0 Å². The van der Waals surface area contributed by atoms with Crippen molar-refractivity contribution in [3.8, 4) is 0 Å². The second kappa shape index (κ2) is 6.86. The summed E-state index contributed by atoms with van der Waals surface area (Å²) in [5.41, 5.74) is 2.72. The molecule has 122 valence electrons. The van der Waals surface area contributed by atoms with Crippen molar-refractivity contribution >= 4 is 5.91 Å². The molecule has 1 N–H and O–H groups in total. The van der Waals surface area contributed by atoms with E-state index < -0.39 is 11.7 Å². The van der Waals surface area contributed by atoms with Gasteiger partial charge >= 0.3 is 6.18 Å². The van der Waals surface area contributed by atoms with Crippen LogP contribution in [0.25, 0.3) is 0 Å². The lowest BCUT2D eigenvalue weighted by atomic mass is 10.0. The molecule has 1 amide bonds. The van der Waals surface area contributed by atoms with Gasteiger partial charge in [-0.2, -0.15) is 13.2 Å². The van der Waals surface area contributed by atoms with Gasteiger partial charge in [-0.25, -0.2) is 0 Å². The van der Waals surface area contributed by atoms with Gasteiger partial charge in [0.15, 0.2) is 0 Å². The molecule has 0 aliphatic carbocycles. The van der Waals surface area contributed by atoms with Crippen LogP contribution in [0.3, 0.4) is 0 Å². The number of amides is 1. The Hall–Kier alpha value is -2.30. The summed E-state index contributed by atoms with van der Waals surface area (Å²) < 4.78 is 37.9. The summed E-state index contributed by atoms with van der Waals surface area (Å²) in [4.78, 5) is 12.0. The van der Waals surface area contributed by atoms with Gasteiger partial charge in [-0.1, -0.05) is 35.9 Å². The molecule has 0 aliphatic rings. The van der Waals surface area contributed by atoms with Gasteiger partial charge in [-0.15, -0.1) is 0 Å². The molecule has 0 unspecified atom stereocenters. The number of rotatable bonds is 4. The highest BCUT2D eigenvalue weighted by molar-refractivity contribution is 5.79. The third-order valence-electron chi connectivity index (χ3n) is 3.60. The van der Waals surface area contributed by atoms with Crippen LogP contribution in [-0.2, 0) is 23.9 Å². The predicted molar refractivity (Wildman–Crippen MR) is 82.9 cm³/mol. The van der Waals surface area contributed by atoms with E-state index in [9.17, 15) is 18.0 Å². The van der Waals surface area contributed by atoms with E-state index in [1.54, 1.807) is 6.07 Å². The maximum Gasteiger partial charge on any atom is 0.416 e. The number of halogens is 3. The van der Waals surface area contributed by atoms with Gasteiger partial charge in [0.2, 0.25) is 5.91 Å². The average Bonchev–Trinajstić information content (AvgIpc) is 2.48. The number of hydrogen-bond acceptors (Lipinski definition) is 1. The number of aryl methyl sites for hydroxylation is 2. The molecule has 2 rings (SSSR count). The zero-order valence-electron chi connectivity index (χ0n) is 13.0. The number of hydrogen-bond donors (Lipinski definition) is 1. The molecule has 0 aromatic heterocycles. The van der Waals surface area contributed by atoms with E-state index in [0.29, 0.717) is 5.56 Å². The fourth-order valence-corrected chi connectivity index (χ4v) is 2.28. The van der Waals surface area contributed by atoms with Crippen molar-refractivity contribution in [2.75, 3.05) is 0 Å². The molecule has 0 aliphatic heterocycles. The van der Waals surface area contributed by atoms with E-state index in [2.05, 4.69) is 5.32 Å². The van der Waals surface area contributed by atoms with Crippen molar-refractivity contribution in [3.63, 3.8) is 0 Å². The summed E-state index contributed by atoms with van der Waals surface area (Å²) in [6.45, 7) is 3.95. The van der Waals surface area contributed by atoms with Crippen LogP contribution in [0.4, 0.5) is 13.2 Å². The molecule has 23 heavy (non-hydrogen) atoms. The number of carbonyl (C=O) groups is 1. The number of carbonyl (C=O) groups excluding carboxylic acids is 1. The van der Waals surface area contributed by atoms with Crippen LogP contribution in [0.5, 0.6) is 0 Å². The first-order valence-electron chi connectivity index (χ1n) is 7.24. The van der Waals surface area contributed by atoms with Crippen molar-refractivity contribution < 1.29 is 18.0 Å². The lowest BCUT2D eigenvalue weighted by Gasteiger charge is -2.10. The van der Waals surface area contributed by atoms with Crippen molar-refractivity contribution in [2.45, 2.75) is 33.0 Å². The molecule has 2 aromatic carbocycles. The summed E-state index contributed by atoms with van der Waals surface area (Å²) in [7, 11) is 0. The maximum atomic E-state index is 12.6. The fourth-order valence-electron chi connectivity index (χ4n) is 2.28. The highest BCUT2D eigenvalue weighted by Crippen LogP contribution is 2.29. The van der Waals surface area contributed by atoms with Crippen LogP contribution in [0.15, 0.2) is 42.5 Å². The lowest BCUT2D eigenvalue weighted by molar-refractivity contribution is -0.137. The Kier molecular flexibility index (Phi) is 5.08. The van der Waals surface area contributed by atoms with Crippen LogP contribution in [-0.4, -0.2) is 5.91 Å². The first-order valence-corrected chi connectivity index (χ1v) is 7.24. The molecule has 2 nitrogen and oxygen atoms in total. The van der Waals surface area contributed by atoms with Gasteiger partial charge in [-0.3, -0.25) is 4.79 Å². The zero-order valence-corrected chi connectivity index (χ0v) is 13.0. The van der Waals surface area contributed by atoms with Crippen LogP contribution in [0.2, 0.25) is 0 Å². The van der Waals surface area contributed by atoms with Crippen molar-refractivity contribution in [2.24, 2.45) is 0 Å². The van der Waals surface area contributed by atoms with E-state index in [0.717, 1.165) is 28.8 Å². The van der Waals surface area contributed by atoms with Gasteiger partial charge in [-0.05, 0) is 42.7 Å². The molecule has 0 saturated heterocycles. The smallest absolute Gasteiger partial charge is 0.352 e. The predicted octanol–water partition coefficient (Wildman–Crippen LogP) is 4.18. The van der Waals surface area contributed by atoms with Crippen molar-refractivity contribution in [3.05, 3.63) is 70.3 Å². The maximum absolute atomic E-state index is 12.6. The van der Waals surface area contributed by atoms with Gasteiger partial charge < -0.3 is 5.32 Å². The second-order valence-electron chi connectivity index (χ2n) is 5.58. The fraction of sp³-hybridized carbons (Fsp3) is 0.278. The molecule has 0 heterocycles. The molecule has 5 heteroatoms. The summed E-state index contributed by atoms with van der Waals surface area (Å²) in [5, 5.41) is 2.67. The number of nitrogens with one attached hydrogen (secondary N) is 1. The Morgan fingerprint density at radius 3 is 2.52 bits per heavy atom.